The lowest BCUT2D eigenvalue weighted by Crippen LogP contribution is -2.03. The van der Waals surface area contributed by atoms with E-state index in [9.17, 15) is 4.39 Å². The van der Waals surface area contributed by atoms with Crippen molar-refractivity contribution >= 4 is 28.8 Å². The summed E-state index contributed by atoms with van der Waals surface area (Å²) < 4.78 is 15.8. The lowest BCUT2D eigenvalue weighted by molar-refractivity contribution is 0.613. The molecule has 0 aliphatic carbocycles. The summed E-state index contributed by atoms with van der Waals surface area (Å²) in [6.07, 6.45) is 6.89. The van der Waals surface area contributed by atoms with Gasteiger partial charge in [0.05, 0.1) is 16.9 Å². The standard InChI is InChI=1S/C17H10Cl2FN5/c18-11-8-22-16(24-15(11)19)14-9-25-6-5-21-17(25)13(23-14)7-10-3-1-2-4-12(10)20/h1-6,8-9H,7H2. The van der Waals surface area contributed by atoms with Crippen LogP contribution in [0.15, 0.2) is 49.1 Å². The number of fused-ring (bicyclic) bond motifs is 1. The predicted octanol–water partition coefficient (Wildman–Crippen LogP) is 4.22. The monoisotopic (exact) mass is 373 g/mol. The Hall–Kier alpha value is -2.57. The van der Waals surface area contributed by atoms with Crippen LogP contribution in [0.1, 0.15) is 11.3 Å². The lowest BCUT2D eigenvalue weighted by atomic mass is 10.1. The minimum Gasteiger partial charge on any atom is -0.303 e. The van der Waals surface area contributed by atoms with Crippen LogP contribution in [0.5, 0.6) is 0 Å². The number of imidazole rings is 1. The zero-order valence-corrected chi connectivity index (χ0v) is 14.2. The molecule has 0 fully saturated rings. The van der Waals surface area contributed by atoms with Gasteiger partial charge in [0.1, 0.15) is 11.5 Å². The van der Waals surface area contributed by atoms with Gasteiger partial charge < -0.3 is 4.40 Å². The highest BCUT2D eigenvalue weighted by molar-refractivity contribution is 6.41. The van der Waals surface area contributed by atoms with Crippen molar-refractivity contribution in [3.8, 4) is 11.5 Å². The summed E-state index contributed by atoms with van der Waals surface area (Å²) in [4.78, 5) is 17.2. The third-order valence-corrected chi connectivity index (χ3v) is 4.35. The van der Waals surface area contributed by atoms with Gasteiger partial charge in [0.25, 0.3) is 0 Å². The van der Waals surface area contributed by atoms with Crippen LogP contribution >= 0.6 is 23.2 Å². The van der Waals surface area contributed by atoms with E-state index in [0.717, 1.165) is 0 Å². The quantitative estimate of drug-likeness (QED) is 0.504. The van der Waals surface area contributed by atoms with Crippen LogP contribution < -0.4 is 0 Å². The molecule has 25 heavy (non-hydrogen) atoms. The Bertz CT molecular complexity index is 1080. The molecule has 8 heteroatoms. The second-order valence-corrected chi connectivity index (χ2v) is 6.10. The second kappa shape index (κ2) is 6.38. The minimum absolute atomic E-state index is 0.148. The first-order valence-corrected chi connectivity index (χ1v) is 8.12. The van der Waals surface area contributed by atoms with E-state index in [1.165, 1.54) is 12.3 Å². The molecule has 0 amide bonds. The molecular formula is C17H10Cl2FN5. The summed E-state index contributed by atoms with van der Waals surface area (Å²) in [7, 11) is 0. The van der Waals surface area contributed by atoms with Crippen LogP contribution in [0.3, 0.4) is 0 Å². The van der Waals surface area contributed by atoms with Crippen LogP contribution in [-0.2, 0) is 6.42 Å². The largest absolute Gasteiger partial charge is 0.303 e. The van der Waals surface area contributed by atoms with Gasteiger partial charge in [0.2, 0.25) is 0 Å². The Morgan fingerprint density at radius 2 is 1.92 bits per heavy atom. The van der Waals surface area contributed by atoms with Gasteiger partial charge in [0, 0.05) is 25.0 Å². The van der Waals surface area contributed by atoms with Gasteiger partial charge in [-0.2, -0.15) is 0 Å². The number of halogens is 3. The fourth-order valence-corrected chi connectivity index (χ4v) is 2.73. The normalized spacial score (nSPS) is 11.2. The molecule has 0 N–H and O–H groups in total. The molecule has 0 spiro atoms. The fourth-order valence-electron chi connectivity index (χ4n) is 2.51. The summed E-state index contributed by atoms with van der Waals surface area (Å²) in [5, 5.41) is 0.413. The molecule has 124 valence electrons. The zero-order chi connectivity index (χ0) is 17.4. The van der Waals surface area contributed by atoms with Gasteiger partial charge in [-0.25, -0.2) is 24.3 Å². The molecule has 0 atom stereocenters. The Morgan fingerprint density at radius 3 is 2.72 bits per heavy atom. The van der Waals surface area contributed by atoms with Crippen LogP contribution in [0.25, 0.3) is 17.2 Å². The van der Waals surface area contributed by atoms with Crippen molar-refractivity contribution in [1.29, 1.82) is 0 Å². The first kappa shape index (κ1) is 15.9. The summed E-state index contributed by atoms with van der Waals surface area (Å²) in [5.74, 6) is 0.0463. The first-order valence-electron chi connectivity index (χ1n) is 7.36. The molecule has 0 saturated carbocycles. The molecule has 4 aromatic rings. The van der Waals surface area contributed by atoms with Gasteiger partial charge >= 0.3 is 0 Å². The number of nitrogens with zero attached hydrogens (tertiary/aromatic N) is 5. The molecule has 4 rings (SSSR count). The van der Waals surface area contributed by atoms with Gasteiger partial charge in [0.15, 0.2) is 16.6 Å². The van der Waals surface area contributed by atoms with E-state index in [2.05, 4.69) is 19.9 Å². The van der Waals surface area contributed by atoms with E-state index >= 15 is 0 Å². The van der Waals surface area contributed by atoms with Crippen molar-refractivity contribution in [2.75, 3.05) is 0 Å². The molecule has 1 aromatic carbocycles. The molecule has 3 aromatic heterocycles. The van der Waals surface area contributed by atoms with Gasteiger partial charge in [-0.05, 0) is 11.6 Å². The van der Waals surface area contributed by atoms with Gasteiger partial charge in [-0.1, -0.05) is 41.4 Å². The molecule has 0 radical (unpaired) electrons. The average molecular weight is 374 g/mol. The maximum atomic E-state index is 14.0. The SMILES string of the molecule is Fc1ccccc1Cc1nc(-c2ncc(Cl)c(Cl)n2)cn2ccnc12. The predicted molar refractivity (Wildman–Crippen MR) is 93.2 cm³/mol. The lowest BCUT2D eigenvalue weighted by Gasteiger charge is -2.08. The van der Waals surface area contributed by atoms with Gasteiger partial charge in [-0.3, -0.25) is 0 Å². The smallest absolute Gasteiger partial charge is 0.181 e. The summed E-state index contributed by atoms with van der Waals surface area (Å²) in [6.45, 7) is 0. The number of rotatable bonds is 3. The van der Waals surface area contributed by atoms with Crippen molar-refractivity contribution in [3.63, 3.8) is 0 Å². The van der Waals surface area contributed by atoms with Crippen LogP contribution in [0.2, 0.25) is 10.2 Å². The Morgan fingerprint density at radius 1 is 1.08 bits per heavy atom. The highest BCUT2D eigenvalue weighted by Gasteiger charge is 2.14. The third kappa shape index (κ3) is 3.06. The number of hydrogen-bond donors (Lipinski definition) is 0. The Kier molecular flexibility index (Phi) is 4.07. The maximum Gasteiger partial charge on any atom is 0.181 e. The van der Waals surface area contributed by atoms with E-state index in [1.54, 1.807) is 41.2 Å². The van der Waals surface area contributed by atoms with Crippen molar-refractivity contribution in [2.24, 2.45) is 0 Å². The summed E-state index contributed by atoms with van der Waals surface area (Å²) in [6, 6.07) is 6.58. The van der Waals surface area contributed by atoms with Crippen molar-refractivity contribution in [3.05, 3.63) is 76.3 Å². The minimum atomic E-state index is -0.287. The Balaban J connectivity index is 1.85. The number of benzene rings is 1. The van der Waals surface area contributed by atoms with Crippen LogP contribution in [0.4, 0.5) is 4.39 Å². The molecule has 0 aliphatic rings. The molecule has 5 nitrogen and oxygen atoms in total. The number of aromatic nitrogens is 5. The fraction of sp³-hybridized carbons (Fsp3) is 0.0588. The molecule has 3 heterocycles. The molecule has 0 unspecified atom stereocenters. The zero-order valence-electron chi connectivity index (χ0n) is 12.7. The van der Waals surface area contributed by atoms with E-state index in [-0.39, 0.29) is 16.0 Å². The molecule has 0 saturated heterocycles. The summed E-state index contributed by atoms with van der Waals surface area (Å²) in [5.41, 5.74) is 2.29. The summed E-state index contributed by atoms with van der Waals surface area (Å²) >= 11 is 11.8. The topological polar surface area (TPSA) is 56.0 Å². The van der Waals surface area contributed by atoms with Crippen LogP contribution in [-0.4, -0.2) is 24.3 Å². The molecule has 0 bridgehead atoms. The van der Waals surface area contributed by atoms with Crippen LogP contribution in [0, 0.1) is 5.82 Å². The molecular weight excluding hydrogens is 364 g/mol. The highest BCUT2D eigenvalue weighted by Crippen LogP contribution is 2.23. The first-order chi connectivity index (χ1) is 12.1. The van der Waals surface area contributed by atoms with Crippen molar-refractivity contribution in [1.82, 2.24) is 24.3 Å². The highest BCUT2D eigenvalue weighted by atomic mass is 35.5. The Labute approximate surface area is 152 Å². The average Bonchev–Trinajstić information content (AvgIpc) is 3.08. The molecule has 0 aliphatic heterocycles. The third-order valence-electron chi connectivity index (χ3n) is 3.69. The van der Waals surface area contributed by atoms with E-state index in [4.69, 9.17) is 23.2 Å². The van der Waals surface area contributed by atoms with Crippen molar-refractivity contribution < 1.29 is 4.39 Å². The number of hydrogen-bond acceptors (Lipinski definition) is 4. The van der Waals surface area contributed by atoms with Crippen molar-refractivity contribution in [2.45, 2.75) is 6.42 Å². The van der Waals surface area contributed by atoms with Gasteiger partial charge in [-0.15, -0.1) is 0 Å². The van der Waals surface area contributed by atoms with E-state index in [0.29, 0.717) is 34.8 Å². The van der Waals surface area contributed by atoms with E-state index in [1.807, 2.05) is 0 Å². The second-order valence-electron chi connectivity index (χ2n) is 5.33. The maximum absolute atomic E-state index is 14.0. The van der Waals surface area contributed by atoms with E-state index < -0.39 is 0 Å².